The van der Waals surface area contributed by atoms with Crippen molar-refractivity contribution in [1.82, 2.24) is 14.5 Å². The Balaban J connectivity index is 1.51. The normalized spacial score (nSPS) is 16.9. The second-order valence-electron chi connectivity index (χ2n) is 7.88. The Bertz CT molecular complexity index is 1070. The van der Waals surface area contributed by atoms with Crippen LogP contribution in [0.4, 0.5) is 0 Å². The molecule has 6 heteroatoms. The zero-order valence-electron chi connectivity index (χ0n) is 16.6. The zero-order chi connectivity index (χ0) is 20.4. The Labute approximate surface area is 175 Å². The van der Waals surface area contributed by atoms with E-state index in [1.165, 1.54) is 0 Å². The number of para-hydroxylation sites is 1. The van der Waals surface area contributed by atoms with Gasteiger partial charge in [0.1, 0.15) is 5.82 Å². The molecule has 0 bridgehead atoms. The first-order valence-electron chi connectivity index (χ1n) is 10.2. The number of likely N-dealkylation sites (tertiary alicyclic amines) is 1. The summed E-state index contributed by atoms with van der Waals surface area (Å²) in [6, 6.07) is 15.3. The molecule has 2 aromatic carbocycles. The molecule has 29 heavy (non-hydrogen) atoms. The molecule has 1 N–H and O–H groups in total. The van der Waals surface area contributed by atoms with Crippen LogP contribution in [-0.2, 0) is 19.5 Å². The fraction of sp³-hybridized carbons (Fsp3) is 0.391. The van der Waals surface area contributed by atoms with E-state index in [0.29, 0.717) is 30.2 Å². The Morgan fingerprint density at radius 3 is 2.52 bits per heavy atom. The maximum atomic E-state index is 13.1. The fourth-order valence-electron chi connectivity index (χ4n) is 4.09. The highest BCUT2D eigenvalue weighted by Crippen LogP contribution is 2.27. The molecule has 3 aromatic rings. The summed E-state index contributed by atoms with van der Waals surface area (Å²) in [6.45, 7) is 4.57. The maximum absolute atomic E-state index is 13.1. The van der Waals surface area contributed by atoms with E-state index in [1.54, 1.807) is 10.6 Å². The molecular formula is C23H26ClN3O2. The molecule has 0 radical (unpaired) electrons. The Morgan fingerprint density at radius 1 is 1.10 bits per heavy atom. The van der Waals surface area contributed by atoms with E-state index in [4.69, 9.17) is 11.6 Å². The number of rotatable bonds is 5. The highest BCUT2D eigenvalue weighted by molar-refractivity contribution is 6.31. The lowest BCUT2D eigenvalue weighted by molar-refractivity contribution is -0.0370. The summed E-state index contributed by atoms with van der Waals surface area (Å²) in [4.78, 5) is 20.0. The summed E-state index contributed by atoms with van der Waals surface area (Å²) in [5, 5.41) is 12.6. The number of aliphatic hydroxyl groups is 1. The molecule has 0 atom stereocenters. The van der Waals surface area contributed by atoms with Crippen LogP contribution in [0.3, 0.4) is 0 Å². The minimum atomic E-state index is -0.908. The van der Waals surface area contributed by atoms with Crippen molar-refractivity contribution in [3.63, 3.8) is 0 Å². The lowest BCUT2D eigenvalue weighted by atomic mass is 9.90. The van der Waals surface area contributed by atoms with E-state index in [-0.39, 0.29) is 12.1 Å². The van der Waals surface area contributed by atoms with Crippen molar-refractivity contribution in [2.45, 2.75) is 44.9 Å². The van der Waals surface area contributed by atoms with E-state index in [2.05, 4.69) is 9.88 Å². The standard InChI is InChI=1S/C23H26ClN3O2/c1-2-21-25-20-10-6-4-8-18(20)22(28)27(21)16-23(29)11-13-26(14-12-23)15-17-7-3-5-9-19(17)24/h3-10,29H,2,11-16H2,1H3. The van der Waals surface area contributed by atoms with Crippen LogP contribution in [0, 0.1) is 0 Å². The van der Waals surface area contributed by atoms with E-state index < -0.39 is 5.60 Å². The largest absolute Gasteiger partial charge is 0.388 e. The van der Waals surface area contributed by atoms with Crippen LogP contribution in [0.2, 0.25) is 5.02 Å². The van der Waals surface area contributed by atoms with Gasteiger partial charge in [0.2, 0.25) is 0 Å². The van der Waals surface area contributed by atoms with Crippen LogP contribution in [0.15, 0.2) is 53.3 Å². The van der Waals surface area contributed by atoms with Gasteiger partial charge >= 0.3 is 0 Å². The molecule has 1 saturated heterocycles. The van der Waals surface area contributed by atoms with E-state index in [0.717, 1.165) is 36.0 Å². The smallest absolute Gasteiger partial charge is 0.261 e. The van der Waals surface area contributed by atoms with E-state index >= 15 is 0 Å². The first-order valence-corrected chi connectivity index (χ1v) is 10.5. The van der Waals surface area contributed by atoms with E-state index in [1.807, 2.05) is 49.4 Å². The van der Waals surface area contributed by atoms with Gasteiger partial charge < -0.3 is 5.11 Å². The molecule has 1 aliphatic rings. The second kappa shape index (κ2) is 8.27. The molecule has 1 aliphatic heterocycles. The SMILES string of the molecule is CCc1nc2ccccc2c(=O)n1CC1(O)CCN(Cc2ccccc2Cl)CC1. The molecule has 0 amide bonds. The fourth-order valence-corrected chi connectivity index (χ4v) is 4.29. The van der Waals surface area contributed by atoms with Crippen molar-refractivity contribution in [2.75, 3.05) is 13.1 Å². The number of hydrogen-bond acceptors (Lipinski definition) is 4. The van der Waals surface area contributed by atoms with Gasteiger partial charge in [-0.3, -0.25) is 14.3 Å². The molecule has 152 valence electrons. The van der Waals surface area contributed by atoms with E-state index in [9.17, 15) is 9.90 Å². The summed E-state index contributed by atoms with van der Waals surface area (Å²) in [5.41, 5.74) is 0.837. The van der Waals surface area contributed by atoms with Gasteiger partial charge in [0, 0.05) is 31.1 Å². The van der Waals surface area contributed by atoms with Crippen molar-refractivity contribution in [2.24, 2.45) is 0 Å². The van der Waals surface area contributed by atoms with Gasteiger partial charge in [-0.1, -0.05) is 48.9 Å². The van der Waals surface area contributed by atoms with Gasteiger partial charge in [-0.05, 0) is 36.6 Å². The highest BCUT2D eigenvalue weighted by Gasteiger charge is 2.34. The lowest BCUT2D eigenvalue weighted by Crippen LogP contribution is -2.48. The molecule has 5 nitrogen and oxygen atoms in total. The summed E-state index contributed by atoms with van der Waals surface area (Å²) in [5.74, 6) is 0.723. The summed E-state index contributed by atoms with van der Waals surface area (Å²) in [6.07, 6.45) is 1.87. The molecule has 0 unspecified atom stereocenters. The molecular weight excluding hydrogens is 386 g/mol. The number of aromatic nitrogens is 2. The van der Waals surface area contributed by atoms with Crippen LogP contribution >= 0.6 is 11.6 Å². The summed E-state index contributed by atoms with van der Waals surface area (Å²) < 4.78 is 1.67. The minimum Gasteiger partial charge on any atom is -0.388 e. The Morgan fingerprint density at radius 2 is 1.79 bits per heavy atom. The number of fused-ring (bicyclic) bond motifs is 1. The molecule has 1 aromatic heterocycles. The number of aryl methyl sites for hydroxylation is 1. The second-order valence-corrected chi connectivity index (χ2v) is 8.29. The molecule has 4 rings (SSSR count). The third-order valence-electron chi connectivity index (χ3n) is 5.85. The number of nitrogens with zero attached hydrogens (tertiary/aromatic N) is 3. The topological polar surface area (TPSA) is 58.4 Å². The summed E-state index contributed by atoms with van der Waals surface area (Å²) >= 11 is 6.28. The van der Waals surface area contributed by atoms with Gasteiger partial charge in [0.25, 0.3) is 5.56 Å². The summed E-state index contributed by atoms with van der Waals surface area (Å²) in [7, 11) is 0. The quantitative estimate of drug-likeness (QED) is 0.696. The first kappa shape index (κ1) is 20.1. The lowest BCUT2D eigenvalue weighted by Gasteiger charge is -2.38. The van der Waals surface area contributed by atoms with Crippen molar-refractivity contribution >= 4 is 22.5 Å². The maximum Gasteiger partial charge on any atom is 0.261 e. The van der Waals surface area contributed by atoms with Crippen LogP contribution in [-0.4, -0.2) is 38.2 Å². The Kier molecular flexibility index (Phi) is 5.72. The Hall–Kier alpha value is -2.21. The van der Waals surface area contributed by atoms with Crippen molar-refractivity contribution in [3.05, 3.63) is 75.3 Å². The van der Waals surface area contributed by atoms with Crippen molar-refractivity contribution < 1.29 is 5.11 Å². The third-order valence-corrected chi connectivity index (χ3v) is 6.22. The zero-order valence-corrected chi connectivity index (χ0v) is 17.4. The number of benzene rings is 2. The predicted molar refractivity (Wildman–Crippen MR) is 116 cm³/mol. The van der Waals surface area contributed by atoms with Crippen LogP contribution in [0.25, 0.3) is 10.9 Å². The molecule has 0 saturated carbocycles. The highest BCUT2D eigenvalue weighted by atomic mass is 35.5. The third kappa shape index (κ3) is 4.22. The van der Waals surface area contributed by atoms with Crippen LogP contribution in [0.1, 0.15) is 31.2 Å². The van der Waals surface area contributed by atoms with Gasteiger partial charge in [0.05, 0.1) is 23.0 Å². The molecule has 2 heterocycles. The monoisotopic (exact) mass is 411 g/mol. The first-order chi connectivity index (χ1) is 14.0. The number of piperidine rings is 1. The van der Waals surface area contributed by atoms with Crippen molar-refractivity contribution in [1.29, 1.82) is 0 Å². The van der Waals surface area contributed by atoms with Gasteiger partial charge in [-0.2, -0.15) is 0 Å². The van der Waals surface area contributed by atoms with Gasteiger partial charge in [0.15, 0.2) is 0 Å². The number of halogens is 1. The average Bonchev–Trinajstić information content (AvgIpc) is 2.73. The van der Waals surface area contributed by atoms with Crippen LogP contribution in [0.5, 0.6) is 0 Å². The molecule has 0 spiro atoms. The van der Waals surface area contributed by atoms with Gasteiger partial charge in [-0.25, -0.2) is 4.98 Å². The van der Waals surface area contributed by atoms with Crippen molar-refractivity contribution in [3.8, 4) is 0 Å². The molecule has 1 fully saturated rings. The van der Waals surface area contributed by atoms with Gasteiger partial charge in [-0.15, -0.1) is 0 Å². The number of hydrogen-bond donors (Lipinski definition) is 1. The predicted octanol–water partition coefficient (Wildman–Crippen LogP) is 3.64. The molecule has 0 aliphatic carbocycles. The minimum absolute atomic E-state index is 0.0700. The van der Waals surface area contributed by atoms with Crippen LogP contribution < -0.4 is 5.56 Å². The average molecular weight is 412 g/mol.